The van der Waals surface area contributed by atoms with E-state index in [1.54, 1.807) is 6.07 Å². The van der Waals surface area contributed by atoms with Gasteiger partial charge in [-0.2, -0.15) is 0 Å². The first-order valence-electron chi connectivity index (χ1n) is 7.56. The highest BCUT2D eigenvalue weighted by molar-refractivity contribution is 5.79. The largest absolute Gasteiger partial charge is 0.353 e. The molecule has 1 aromatic heterocycles. The molecule has 1 saturated carbocycles. The Kier molecular flexibility index (Phi) is 3.77. The van der Waals surface area contributed by atoms with Gasteiger partial charge in [-0.3, -0.25) is 10.1 Å². The van der Waals surface area contributed by atoms with Crippen LogP contribution in [0.2, 0.25) is 0 Å². The summed E-state index contributed by atoms with van der Waals surface area (Å²) in [6, 6.07) is 5.15. The van der Waals surface area contributed by atoms with Crippen LogP contribution in [0.25, 0.3) is 11.0 Å². The fourth-order valence-corrected chi connectivity index (χ4v) is 3.17. The van der Waals surface area contributed by atoms with Gasteiger partial charge in [0.2, 0.25) is 5.95 Å². The summed E-state index contributed by atoms with van der Waals surface area (Å²) in [6.45, 7) is 2.24. The van der Waals surface area contributed by atoms with Crippen molar-refractivity contribution in [3.63, 3.8) is 0 Å². The summed E-state index contributed by atoms with van der Waals surface area (Å²) >= 11 is 0. The first kappa shape index (κ1) is 13.9. The number of nitrogens with one attached hydrogen (secondary N) is 2. The van der Waals surface area contributed by atoms with E-state index in [2.05, 4.69) is 22.2 Å². The molecule has 1 aliphatic carbocycles. The van der Waals surface area contributed by atoms with Gasteiger partial charge in [0.1, 0.15) is 0 Å². The van der Waals surface area contributed by atoms with Gasteiger partial charge in [0.05, 0.1) is 16.0 Å². The number of nitro benzene ring substituents is 1. The molecule has 1 heterocycles. The first-order valence-corrected chi connectivity index (χ1v) is 7.56. The third kappa shape index (κ3) is 2.99. The van der Waals surface area contributed by atoms with Crippen molar-refractivity contribution in [2.24, 2.45) is 5.92 Å². The lowest BCUT2D eigenvalue weighted by molar-refractivity contribution is -0.384. The summed E-state index contributed by atoms with van der Waals surface area (Å²) in [5, 5.41) is 14.2. The van der Waals surface area contributed by atoms with E-state index in [4.69, 9.17) is 0 Å². The first-order chi connectivity index (χ1) is 10.2. The van der Waals surface area contributed by atoms with E-state index in [-0.39, 0.29) is 10.6 Å². The van der Waals surface area contributed by atoms with Crippen molar-refractivity contribution in [1.29, 1.82) is 0 Å². The number of hydrogen-bond donors (Lipinski definition) is 2. The number of anilines is 1. The van der Waals surface area contributed by atoms with E-state index in [1.165, 1.54) is 37.8 Å². The lowest BCUT2D eigenvalue weighted by Gasteiger charge is -2.28. The van der Waals surface area contributed by atoms with E-state index in [9.17, 15) is 10.1 Å². The van der Waals surface area contributed by atoms with Crippen molar-refractivity contribution in [1.82, 2.24) is 9.97 Å². The van der Waals surface area contributed by atoms with Gasteiger partial charge in [-0.1, -0.05) is 26.2 Å². The second-order valence-corrected chi connectivity index (χ2v) is 5.83. The topological polar surface area (TPSA) is 83.8 Å². The van der Waals surface area contributed by atoms with Gasteiger partial charge in [-0.15, -0.1) is 0 Å². The molecule has 0 saturated heterocycles. The maximum atomic E-state index is 10.8. The number of non-ortho nitro benzene ring substituents is 1. The average molecular weight is 288 g/mol. The van der Waals surface area contributed by atoms with Gasteiger partial charge in [-0.25, -0.2) is 4.98 Å². The molecule has 0 amide bonds. The molecular weight excluding hydrogens is 268 g/mol. The number of hydrogen-bond acceptors (Lipinski definition) is 4. The monoisotopic (exact) mass is 288 g/mol. The van der Waals surface area contributed by atoms with Crippen molar-refractivity contribution in [3.8, 4) is 0 Å². The Morgan fingerprint density at radius 3 is 3.10 bits per heavy atom. The molecular formula is C15H20N4O2. The second-order valence-electron chi connectivity index (χ2n) is 5.83. The Hall–Kier alpha value is -2.11. The molecule has 1 aromatic carbocycles. The fraction of sp³-hybridized carbons (Fsp3) is 0.533. The van der Waals surface area contributed by atoms with Crippen LogP contribution in [-0.2, 0) is 0 Å². The molecule has 2 N–H and O–H groups in total. The van der Waals surface area contributed by atoms with Crippen LogP contribution in [-0.4, -0.2) is 20.9 Å². The van der Waals surface area contributed by atoms with Gasteiger partial charge in [0.15, 0.2) is 0 Å². The quantitative estimate of drug-likeness (QED) is 0.661. The van der Waals surface area contributed by atoms with Crippen LogP contribution in [0.1, 0.15) is 39.0 Å². The van der Waals surface area contributed by atoms with Crippen LogP contribution in [0.15, 0.2) is 18.2 Å². The molecule has 2 unspecified atom stereocenters. The molecule has 0 spiro atoms. The maximum Gasteiger partial charge on any atom is 0.271 e. The highest BCUT2D eigenvalue weighted by Gasteiger charge is 2.21. The third-order valence-electron chi connectivity index (χ3n) is 4.38. The number of nitrogens with zero attached hydrogens (tertiary/aromatic N) is 2. The van der Waals surface area contributed by atoms with Crippen LogP contribution in [0.5, 0.6) is 0 Å². The van der Waals surface area contributed by atoms with Crippen LogP contribution in [0, 0.1) is 16.0 Å². The molecule has 112 valence electrons. The number of rotatable bonds is 4. The molecule has 1 aliphatic rings. The normalized spacial score (nSPS) is 22.3. The lowest BCUT2D eigenvalue weighted by Crippen LogP contribution is -2.27. The number of benzene rings is 1. The third-order valence-corrected chi connectivity index (χ3v) is 4.38. The summed E-state index contributed by atoms with van der Waals surface area (Å²) in [6.07, 6.45) is 6.13. The molecule has 1 fully saturated rings. The van der Waals surface area contributed by atoms with Crippen molar-refractivity contribution in [2.75, 3.05) is 5.32 Å². The van der Waals surface area contributed by atoms with Gasteiger partial charge in [0.25, 0.3) is 5.69 Å². The predicted octanol–water partition coefficient (Wildman–Crippen LogP) is 3.85. The number of imidazole rings is 1. The van der Waals surface area contributed by atoms with Crippen molar-refractivity contribution >= 4 is 22.7 Å². The molecule has 0 bridgehead atoms. The van der Waals surface area contributed by atoms with Crippen LogP contribution in [0.4, 0.5) is 11.6 Å². The van der Waals surface area contributed by atoms with E-state index in [0.29, 0.717) is 17.5 Å². The van der Waals surface area contributed by atoms with E-state index >= 15 is 0 Å². The van der Waals surface area contributed by atoms with Crippen molar-refractivity contribution in [2.45, 2.75) is 45.1 Å². The number of fused-ring (bicyclic) bond motifs is 1. The molecule has 3 rings (SSSR count). The molecule has 6 nitrogen and oxygen atoms in total. The standard InChI is InChI=1S/C15H20N4O2/c1-2-10-4-3-5-11(8-10)16-15-17-13-7-6-12(19(20)21)9-14(13)18-15/h6-7,9-11H,2-5,8H2,1H3,(H2,16,17,18). The smallest absolute Gasteiger partial charge is 0.271 e. The number of aromatic nitrogens is 2. The Balaban J connectivity index is 1.76. The molecule has 21 heavy (non-hydrogen) atoms. The Labute approximate surface area is 123 Å². The fourth-order valence-electron chi connectivity index (χ4n) is 3.17. The van der Waals surface area contributed by atoms with Gasteiger partial charge < -0.3 is 10.3 Å². The highest BCUT2D eigenvalue weighted by atomic mass is 16.6. The van der Waals surface area contributed by atoms with Crippen LogP contribution >= 0.6 is 0 Å². The second kappa shape index (κ2) is 5.71. The van der Waals surface area contributed by atoms with Crippen LogP contribution in [0.3, 0.4) is 0 Å². The minimum absolute atomic E-state index is 0.0846. The Morgan fingerprint density at radius 2 is 2.33 bits per heavy atom. The maximum absolute atomic E-state index is 10.8. The van der Waals surface area contributed by atoms with Gasteiger partial charge in [0, 0.05) is 18.2 Å². The number of nitro groups is 1. The van der Waals surface area contributed by atoms with Crippen molar-refractivity contribution in [3.05, 3.63) is 28.3 Å². The van der Waals surface area contributed by atoms with Crippen molar-refractivity contribution < 1.29 is 4.92 Å². The zero-order chi connectivity index (χ0) is 14.8. The van der Waals surface area contributed by atoms with Gasteiger partial charge >= 0.3 is 0 Å². The molecule has 6 heteroatoms. The minimum atomic E-state index is -0.389. The summed E-state index contributed by atoms with van der Waals surface area (Å²) in [5.74, 6) is 1.51. The zero-order valence-electron chi connectivity index (χ0n) is 12.1. The van der Waals surface area contributed by atoms with E-state index < -0.39 is 0 Å². The molecule has 0 radical (unpaired) electrons. The van der Waals surface area contributed by atoms with E-state index in [1.807, 2.05) is 0 Å². The summed E-state index contributed by atoms with van der Waals surface area (Å²) in [5.41, 5.74) is 1.54. The van der Waals surface area contributed by atoms with E-state index in [0.717, 1.165) is 17.9 Å². The summed E-state index contributed by atoms with van der Waals surface area (Å²) in [4.78, 5) is 18.0. The lowest BCUT2D eigenvalue weighted by atomic mass is 9.84. The summed E-state index contributed by atoms with van der Waals surface area (Å²) < 4.78 is 0. The summed E-state index contributed by atoms with van der Waals surface area (Å²) in [7, 11) is 0. The van der Waals surface area contributed by atoms with Crippen LogP contribution < -0.4 is 5.32 Å². The van der Waals surface area contributed by atoms with Gasteiger partial charge in [-0.05, 0) is 24.8 Å². The molecule has 2 atom stereocenters. The molecule has 2 aromatic rings. The average Bonchev–Trinajstić information content (AvgIpc) is 2.88. The molecule has 0 aliphatic heterocycles. The Morgan fingerprint density at radius 1 is 1.48 bits per heavy atom. The Bertz CT molecular complexity index is 652. The SMILES string of the molecule is CCC1CCCC(Nc2nc3ccc([N+](=O)[O-])cc3[nH]2)C1. The number of aromatic amines is 1. The zero-order valence-corrected chi connectivity index (χ0v) is 12.1. The highest BCUT2D eigenvalue weighted by Crippen LogP contribution is 2.29. The number of H-pyrrole nitrogens is 1. The minimum Gasteiger partial charge on any atom is -0.353 e. The predicted molar refractivity (Wildman–Crippen MR) is 82.4 cm³/mol.